The molecule has 0 radical (unpaired) electrons. The van der Waals surface area contributed by atoms with Crippen molar-refractivity contribution >= 4 is 10.8 Å². The summed E-state index contributed by atoms with van der Waals surface area (Å²) in [6.45, 7) is 0. The van der Waals surface area contributed by atoms with Gasteiger partial charge in [-0.25, -0.2) is 0 Å². The van der Waals surface area contributed by atoms with E-state index in [1.54, 1.807) is 24.3 Å². The standard InChI is InChI=1S/C15H9F3N2O/c16-15(17,18)11-5-7-12(8-6-11)20-14(21)13-4-2-1-3-10(13)9-19-20/h1-9H. The first-order valence-electron chi connectivity index (χ1n) is 6.11. The van der Waals surface area contributed by atoms with E-state index in [0.717, 1.165) is 16.8 Å². The van der Waals surface area contributed by atoms with Crippen molar-refractivity contribution in [3.63, 3.8) is 0 Å². The monoisotopic (exact) mass is 290 g/mol. The predicted molar refractivity (Wildman–Crippen MR) is 72.3 cm³/mol. The molecule has 0 aliphatic heterocycles. The summed E-state index contributed by atoms with van der Waals surface area (Å²) in [6.07, 6.45) is -2.89. The summed E-state index contributed by atoms with van der Waals surface area (Å²) in [6, 6.07) is 11.2. The summed E-state index contributed by atoms with van der Waals surface area (Å²) >= 11 is 0. The summed E-state index contributed by atoms with van der Waals surface area (Å²) in [7, 11) is 0. The maximum Gasteiger partial charge on any atom is 0.416 e. The molecule has 0 aliphatic carbocycles. The number of nitrogens with zero attached hydrogens (tertiary/aromatic N) is 2. The van der Waals surface area contributed by atoms with Crippen molar-refractivity contribution in [2.75, 3.05) is 0 Å². The number of halogens is 3. The molecule has 0 saturated carbocycles. The van der Waals surface area contributed by atoms with Gasteiger partial charge in [-0.2, -0.15) is 23.0 Å². The highest BCUT2D eigenvalue weighted by Gasteiger charge is 2.30. The SMILES string of the molecule is O=c1c2ccccc2cnn1-c1ccc(C(F)(F)F)cc1. The molecule has 1 heterocycles. The Balaban J connectivity index is 2.13. The highest BCUT2D eigenvalue weighted by atomic mass is 19.4. The minimum absolute atomic E-state index is 0.291. The summed E-state index contributed by atoms with van der Waals surface area (Å²) < 4.78 is 38.7. The van der Waals surface area contributed by atoms with Crippen molar-refractivity contribution in [1.29, 1.82) is 0 Å². The number of fused-ring (bicyclic) bond motifs is 1. The van der Waals surface area contributed by atoms with Gasteiger partial charge in [0.25, 0.3) is 5.56 Å². The molecule has 3 nitrogen and oxygen atoms in total. The molecule has 3 aromatic rings. The molecule has 0 unspecified atom stereocenters. The minimum atomic E-state index is -4.40. The van der Waals surface area contributed by atoms with Crippen molar-refractivity contribution in [2.24, 2.45) is 0 Å². The van der Waals surface area contributed by atoms with Gasteiger partial charge >= 0.3 is 6.18 Å². The third-order valence-corrected chi connectivity index (χ3v) is 3.14. The second kappa shape index (κ2) is 4.73. The third-order valence-electron chi connectivity index (χ3n) is 3.14. The largest absolute Gasteiger partial charge is 0.416 e. The van der Waals surface area contributed by atoms with Crippen LogP contribution in [-0.4, -0.2) is 9.78 Å². The van der Waals surface area contributed by atoms with Gasteiger partial charge in [0.1, 0.15) is 0 Å². The molecule has 0 atom stereocenters. The molecular formula is C15H9F3N2O. The summed E-state index contributed by atoms with van der Waals surface area (Å²) in [5.74, 6) is 0. The molecule has 106 valence electrons. The lowest BCUT2D eigenvalue weighted by molar-refractivity contribution is -0.137. The van der Waals surface area contributed by atoms with Gasteiger partial charge in [-0.1, -0.05) is 18.2 Å². The Morgan fingerprint density at radius 3 is 2.29 bits per heavy atom. The molecule has 0 fully saturated rings. The van der Waals surface area contributed by atoms with E-state index in [1.807, 2.05) is 0 Å². The number of benzene rings is 2. The van der Waals surface area contributed by atoms with Crippen LogP contribution in [0.25, 0.3) is 16.5 Å². The van der Waals surface area contributed by atoms with Crippen LogP contribution in [0, 0.1) is 0 Å². The number of aromatic nitrogens is 2. The van der Waals surface area contributed by atoms with Crippen molar-refractivity contribution in [2.45, 2.75) is 6.18 Å². The van der Waals surface area contributed by atoms with Crippen LogP contribution in [0.15, 0.2) is 59.5 Å². The zero-order valence-electron chi connectivity index (χ0n) is 10.6. The Morgan fingerprint density at radius 1 is 0.952 bits per heavy atom. The van der Waals surface area contributed by atoms with Crippen LogP contribution in [0.5, 0.6) is 0 Å². The second-order valence-corrected chi connectivity index (χ2v) is 4.49. The van der Waals surface area contributed by atoms with Gasteiger partial charge in [0.15, 0.2) is 0 Å². The van der Waals surface area contributed by atoms with Gasteiger partial charge in [0, 0.05) is 5.39 Å². The Morgan fingerprint density at radius 2 is 1.62 bits per heavy atom. The van der Waals surface area contributed by atoms with E-state index in [0.29, 0.717) is 16.5 Å². The highest BCUT2D eigenvalue weighted by Crippen LogP contribution is 2.29. The van der Waals surface area contributed by atoms with Crippen LogP contribution in [-0.2, 0) is 6.18 Å². The second-order valence-electron chi connectivity index (χ2n) is 4.49. The zero-order valence-corrected chi connectivity index (χ0v) is 10.6. The first-order valence-corrected chi connectivity index (χ1v) is 6.11. The first-order chi connectivity index (χ1) is 9.97. The summed E-state index contributed by atoms with van der Waals surface area (Å²) in [4.78, 5) is 12.3. The fourth-order valence-corrected chi connectivity index (χ4v) is 2.07. The molecule has 0 spiro atoms. The van der Waals surface area contributed by atoms with E-state index in [2.05, 4.69) is 5.10 Å². The number of alkyl halides is 3. The van der Waals surface area contributed by atoms with Crippen LogP contribution in [0.2, 0.25) is 0 Å². The van der Waals surface area contributed by atoms with Crippen molar-refractivity contribution < 1.29 is 13.2 Å². The molecule has 21 heavy (non-hydrogen) atoms. The summed E-state index contributed by atoms with van der Waals surface area (Å²) in [5.41, 5.74) is -0.841. The number of hydrogen-bond donors (Lipinski definition) is 0. The van der Waals surface area contributed by atoms with E-state index in [-0.39, 0.29) is 5.56 Å². The van der Waals surface area contributed by atoms with E-state index in [9.17, 15) is 18.0 Å². The first kappa shape index (κ1) is 13.4. The zero-order chi connectivity index (χ0) is 15.0. The lowest BCUT2D eigenvalue weighted by atomic mass is 10.2. The van der Waals surface area contributed by atoms with Gasteiger partial charge < -0.3 is 0 Å². The van der Waals surface area contributed by atoms with E-state index >= 15 is 0 Å². The van der Waals surface area contributed by atoms with Crippen molar-refractivity contribution in [1.82, 2.24) is 9.78 Å². The maximum atomic E-state index is 12.5. The predicted octanol–water partition coefficient (Wildman–Crippen LogP) is 3.40. The van der Waals surface area contributed by atoms with Crippen molar-refractivity contribution in [3.05, 3.63) is 70.6 Å². The lowest BCUT2D eigenvalue weighted by Crippen LogP contribution is -2.21. The molecule has 0 saturated heterocycles. The molecule has 0 amide bonds. The quantitative estimate of drug-likeness (QED) is 0.688. The Bertz CT molecular complexity index is 851. The molecule has 6 heteroatoms. The maximum absolute atomic E-state index is 12.5. The minimum Gasteiger partial charge on any atom is -0.267 e. The average Bonchev–Trinajstić information content (AvgIpc) is 2.47. The highest BCUT2D eigenvalue weighted by molar-refractivity contribution is 5.80. The summed E-state index contributed by atoms with van der Waals surface area (Å²) in [5, 5.41) is 5.14. The van der Waals surface area contributed by atoms with Gasteiger partial charge in [0.2, 0.25) is 0 Å². The average molecular weight is 290 g/mol. The van der Waals surface area contributed by atoms with Gasteiger partial charge in [-0.05, 0) is 30.3 Å². The van der Waals surface area contributed by atoms with E-state index in [4.69, 9.17) is 0 Å². The molecule has 1 aromatic heterocycles. The van der Waals surface area contributed by atoms with E-state index < -0.39 is 11.7 Å². The van der Waals surface area contributed by atoms with Gasteiger partial charge in [0.05, 0.1) is 22.8 Å². The fourth-order valence-electron chi connectivity index (χ4n) is 2.07. The van der Waals surface area contributed by atoms with Crippen LogP contribution in [0.3, 0.4) is 0 Å². The molecule has 2 aromatic carbocycles. The fraction of sp³-hybridized carbons (Fsp3) is 0.0667. The molecule has 0 aliphatic rings. The van der Waals surface area contributed by atoms with Gasteiger partial charge in [-0.3, -0.25) is 4.79 Å². The van der Waals surface area contributed by atoms with E-state index in [1.165, 1.54) is 18.3 Å². The Labute approximate surface area is 117 Å². The number of hydrogen-bond acceptors (Lipinski definition) is 2. The van der Waals surface area contributed by atoms with Crippen LogP contribution < -0.4 is 5.56 Å². The van der Waals surface area contributed by atoms with Crippen LogP contribution in [0.1, 0.15) is 5.56 Å². The lowest BCUT2D eigenvalue weighted by Gasteiger charge is -2.09. The number of rotatable bonds is 1. The van der Waals surface area contributed by atoms with Crippen molar-refractivity contribution in [3.8, 4) is 5.69 Å². The molecular weight excluding hydrogens is 281 g/mol. The topological polar surface area (TPSA) is 34.9 Å². The molecule has 0 bridgehead atoms. The Hall–Kier alpha value is -2.63. The normalized spacial score (nSPS) is 11.8. The molecule has 0 N–H and O–H groups in total. The van der Waals surface area contributed by atoms with Crippen LogP contribution in [0.4, 0.5) is 13.2 Å². The Kier molecular flexibility index (Phi) is 3.01. The molecule has 3 rings (SSSR count). The van der Waals surface area contributed by atoms with Gasteiger partial charge in [-0.15, -0.1) is 0 Å². The van der Waals surface area contributed by atoms with Crippen LogP contribution >= 0.6 is 0 Å². The smallest absolute Gasteiger partial charge is 0.267 e. The third kappa shape index (κ3) is 2.40.